The van der Waals surface area contributed by atoms with E-state index in [2.05, 4.69) is 10.6 Å². The van der Waals surface area contributed by atoms with Gasteiger partial charge in [0.1, 0.15) is 12.1 Å². The number of carbonyl (C=O) groups excluding carboxylic acids is 3. The number of esters is 1. The summed E-state index contributed by atoms with van der Waals surface area (Å²) in [5, 5.41) is 4.83. The van der Waals surface area contributed by atoms with Crippen molar-refractivity contribution >= 4 is 17.9 Å². The molecule has 22 heavy (non-hydrogen) atoms. The first-order chi connectivity index (χ1) is 10.4. The Morgan fingerprint density at radius 2 is 1.82 bits per heavy atom. The summed E-state index contributed by atoms with van der Waals surface area (Å²) in [4.78, 5) is 34.7. The van der Waals surface area contributed by atoms with E-state index >= 15 is 0 Å². The number of benzene rings is 1. The second-order valence-corrected chi connectivity index (χ2v) is 4.73. The molecule has 0 saturated heterocycles. The van der Waals surface area contributed by atoms with Crippen molar-refractivity contribution in [2.45, 2.75) is 32.4 Å². The zero-order valence-electron chi connectivity index (χ0n) is 12.7. The lowest BCUT2D eigenvalue weighted by atomic mass is 10.1. The first kappa shape index (κ1) is 17.5. The smallest absolute Gasteiger partial charge is 0.328 e. The number of rotatable bonds is 7. The summed E-state index contributed by atoms with van der Waals surface area (Å²) in [5.41, 5.74) is 5.86. The third kappa shape index (κ3) is 5.82. The molecule has 1 aromatic rings. The van der Waals surface area contributed by atoms with Gasteiger partial charge in [0, 0.05) is 6.42 Å². The first-order valence-electron chi connectivity index (χ1n) is 7.01. The molecule has 0 saturated carbocycles. The predicted molar refractivity (Wildman–Crippen MR) is 80.9 cm³/mol. The Morgan fingerprint density at radius 3 is 2.36 bits per heavy atom. The number of primary amides is 1. The Hall–Kier alpha value is -2.57. The molecule has 0 aliphatic heterocycles. The molecule has 120 valence electrons. The number of urea groups is 1. The average Bonchev–Trinajstić information content (AvgIpc) is 2.47. The molecular weight excluding hydrogens is 286 g/mol. The number of hydrogen-bond acceptors (Lipinski definition) is 4. The summed E-state index contributed by atoms with van der Waals surface area (Å²) in [6, 6.07) is 6.77. The minimum absolute atomic E-state index is 0.217. The molecule has 0 radical (unpaired) electrons. The van der Waals surface area contributed by atoms with Crippen molar-refractivity contribution in [2.24, 2.45) is 5.73 Å². The lowest BCUT2D eigenvalue weighted by Gasteiger charge is -2.20. The fourth-order valence-corrected chi connectivity index (χ4v) is 1.86. The number of nitrogens with two attached hydrogens (primary N) is 1. The highest BCUT2D eigenvalue weighted by atomic mass is 16.5. The number of ether oxygens (including phenoxy) is 1. The van der Waals surface area contributed by atoms with Gasteiger partial charge in [-0.1, -0.05) is 30.3 Å². The summed E-state index contributed by atoms with van der Waals surface area (Å²) < 4.78 is 4.97. The highest BCUT2D eigenvalue weighted by Crippen LogP contribution is 2.05. The Labute approximate surface area is 129 Å². The molecule has 3 amide bonds. The van der Waals surface area contributed by atoms with E-state index in [0.717, 1.165) is 5.56 Å². The summed E-state index contributed by atoms with van der Waals surface area (Å²) in [5.74, 6) is -1.03. The van der Waals surface area contributed by atoms with Gasteiger partial charge in [-0.2, -0.15) is 0 Å². The molecule has 0 heterocycles. The maximum Gasteiger partial charge on any atom is 0.328 e. The zero-order chi connectivity index (χ0) is 16.5. The fraction of sp³-hybridized carbons (Fsp3) is 0.400. The van der Waals surface area contributed by atoms with Gasteiger partial charge in [0.15, 0.2) is 0 Å². The van der Waals surface area contributed by atoms with Crippen molar-refractivity contribution in [1.29, 1.82) is 0 Å². The van der Waals surface area contributed by atoms with Gasteiger partial charge in [-0.25, -0.2) is 9.59 Å². The van der Waals surface area contributed by atoms with Gasteiger partial charge in [-0.15, -0.1) is 0 Å². The lowest BCUT2D eigenvalue weighted by Crippen LogP contribution is -2.52. The molecule has 0 unspecified atom stereocenters. The molecule has 4 N–H and O–H groups in total. The largest absolute Gasteiger partial charge is 0.464 e. The third-order valence-corrected chi connectivity index (χ3v) is 2.92. The van der Waals surface area contributed by atoms with Gasteiger partial charge >= 0.3 is 12.0 Å². The van der Waals surface area contributed by atoms with E-state index in [-0.39, 0.29) is 6.61 Å². The van der Waals surface area contributed by atoms with Gasteiger partial charge in [0.2, 0.25) is 5.91 Å². The minimum Gasteiger partial charge on any atom is -0.464 e. The Bertz CT molecular complexity index is 519. The van der Waals surface area contributed by atoms with Crippen LogP contribution < -0.4 is 16.4 Å². The Kier molecular flexibility index (Phi) is 6.88. The molecule has 0 aliphatic carbocycles. The van der Waals surface area contributed by atoms with Crippen LogP contribution in [0.4, 0.5) is 4.79 Å². The molecule has 1 rings (SSSR count). The van der Waals surface area contributed by atoms with E-state index in [1.54, 1.807) is 6.92 Å². The maximum atomic E-state index is 12.0. The Balaban J connectivity index is 2.75. The molecule has 0 spiro atoms. The number of nitrogens with one attached hydrogen (secondary N) is 2. The summed E-state index contributed by atoms with van der Waals surface area (Å²) in [6.07, 6.45) is 0.300. The van der Waals surface area contributed by atoms with Gasteiger partial charge in [-0.3, -0.25) is 4.79 Å². The van der Waals surface area contributed by atoms with Crippen LogP contribution in [0, 0.1) is 0 Å². The monoisotopic (exact) mass is 307 g/mol. The number of amides is 3. The van der Waals surface area contributed by atoms with Gasteiger partial charge in [0.05, 0.1) is 6.61 Å². The third-order valence-electron chi connectivity index (χ3n) is 2.92. The topological polar surface area (TPSA) is 111 Å². The number of carbonyl (C=O) groups is 3. The second-order valence-electron chi connectivity index (χ2n) is 4.73. The van der Waals surface area contributed by atoms with E-state index < -0.39 is 30.0 Å². The van der Waals surface area contributed by atoms with Crippen LogP contribution in [0.1, 0.15) is 19.4 Å². The van der Waals surface area contributed by atoms with Gasteiger partial charge in [0.25, 0.3) is 0 Å². The molecule has 1 aromatic carbocycles. The standard InChI is InChI=1S/C15H21N3O4/c1-3-22-14(20)12(9-11-7-5-4-6-8-11)18-13(19)10(2)17-15(16)21/h4-8,10,12H,3,9H2,1-2H3,(H,18,19)(H3,16,17,21)/t10-,12-/m0/s1. The summed E-state index contributed by atoms with van der Waals surface area (Å²) >= 11 is 0. The molecule has 0 bridgehead atoms. The molecular formula is C15H21N3O4. The molecule has 0 fully saturated rings. The zero-order valence-corrected chi connectivity index (χ0v) is 12.7. The highest BCUT2D eigenvalue weighted by Gasteiger charge is 2.25. The van der Waals surface area contributed by atoms with E-state index in [4.69, 9.17) is 10.5 Å². The van der Waals surface area contributed by atoms with Crippen LogP contribution in [0.2, 0.25) is 0 Å². The molecule has 0 aliphatic rings. The fourth-order valence-electron chi connectivity index (χ4n) is 1.86. The van der Waals surface area contributed by atoms with Gasteiger partial charge in [-0.05, 0) is 19.4 Å². The van der Waals surface area contributed by atoms with Crippen molar-refractivity contribution in [3.63, 3.8) is 0 Å². The second kappa shape index (κ2) is 8.66. The SMILES string of the molecule is CCOC(=O)[C@H](Cc1ccccc1)NC(=O)[C@H](C)NC(N)=O. The number of hydrogen-bond donors (Lipinski definition) is 3. The van der Waals surface area contributed by atoms with Crippen molar-refractivity contribution in [1.82, 2.24) is 10.6 Å². The molecule has 7 nitrogen and oxygen atoms in total. The van der Waals surface area contributed by atoms with Crippen molar-refractivity contribution < 1.29 is 19.1 Å². The normalized spacial score (nSPS) is 12.8. The average molecular weight is 307 g/mol. The minimum atomic E-state index is -0.842. The van der Waals surface area contributed by atoms with E-state index in [0.29, 0.717) is 6.42 Å². The van der Waals surface area contributed by atoms with Crippen LogP contribution in [-0.4, -0.2) is 36.6 Å². The van der Waals surface area contributed by atoms with Crippen molar-refractivity contribution in [2.75, 3.05) is 6.61 Å². The van der Waals surface area contributed by atoms with Crippen LogP contribution in [0.5, 0.6) is 0 Å². The summed E-state index contributed by atoms with van der Waals surface area (Å²) in [7, 11) is 0. The first-order valence-corrected chi connectivity index (χ1v) is 7.01. The van der Waals surface area contributed by atoms with Crippen LogP contribution >= 0.6 is 0 Å². The van der Waals surface area contributed by atoms with E-state index in [1.165, 1.54) is 6.92 Å². The van der Waals surface area contributed by atoms with E-state index in [1.807, 2.05) is 30.3 Å². The molecule has 2 atom stereocenters. The van der Waals surface area contributed by atoms with Crippen LogP contribution in [-0.2, 0) is 20.7 Å². The summed E-state index contributed by atoms with van der Waals surface area (Å²) in [6.45, 7) is 3.39. The van der Waals surface area contributed by atoms with Crippen LogP contribution in [0.3, 0.4) is 0 Å². The molecule has 7 heteroatoms. The van der Waals surface area contributed by atoms with E-state index in [9.17, 15) is 14.4 Å². The Morgan fingerprint density at radius 1 is 1.18 bits per heavy atom. The molecule has 0 aromatic heterocycles. The van der Waals surface area contributed by atoms with Crippen LogP contribution in [0.25, 0.3) is 0 Å². The van der Waals surface area contributed by atoms with Crippen molar-refractivity contribution in [3.8, 4) is 0 Å². The van der Waals surface area contributed by atoms with Crippen LogP contribution in [0.15, 0.2) is 30.3 Å². The predicted octanol–water partition coefficient (Wildman–Crippen LogP) is 0.334. The highest BCUT2D eigenvalue weighted by molar-refractivity contribution is 5.89. The maximum absolute atomic E-state index is 12.0. The quantitative estimate of drug-likeness (QED) is 0.630. The lowest BCUT2D eigenvalue weighted by molar-refractivity contribution is -0.147. The van der Waals surface area contributed by atoms with Crippen molar-refractivity contribution in [3.05, 3.63) is 35.9 Å². The van der Waals surface area contributed by atoms with Gasteiger partial charge < -0.3 is 21.1 Å².